The second-order valence-corrected chi connectivity index (χ2v) is 6.00. The molecule has 1 aliphatic heterocycles. The number of carbonyl (C=O) groups is 3. The van der Waals surface area contributed by atoms with Gasteiger partial charge in [-0.1, -0.05) is 30.1 Å². The monoisotopic (exact) mass is 343 g/mol. The van der Waals surface area contributed by atoms with Crippen molar-refractivity contribution in [1.82, 2.24) is 10.2 Å². The lowest BCUT2D eigenvalue weighted by Crippen LogP contribution is -2.44. The summed E-state index contributed by atoms with van der Waals surface area (Å²) in [5.74, 6) is -0.911. The molecule has 2 N–H and O–H groups in total. The molecule has 0 aliphatic carbocycles. The van der Waals surface area contributed by atoms with Gasteiger partial charge in [-0.05, 0) is 31.5 Å². The molecule has 6 nitrogen and oxygen atoms in total. The Kier molecular flexibility index (Phi) is 4.63. The lowest BCUT2D eigenvalue weighted by atomic mass is 9.99. The van der Waals surface area contributed by atoms with Gasteiger partial charge in [-0.15, -0.1) is 0 Å². The van der Waals surface area contributed by atoms with Crippen molar-refractivity contribution in [2.24, 2.45) is 0 Å². The fourth-order valence-electron chi connectivity index (χ4n) is 2.05. The van der Waals surface area contributed by atoms with Crippen LogP contribution in [0.25, 0.3) is 0 Å². The SMILES string of the molecule is CCC1(C)NC(=O)N(CC(=O)Nc2ccc(Cl)c(Cl)c2)C1=O. The van der Waals surface area contributed by atoms with Gasteiger partial charge in [0.25, 0.3) is 5.91 Å². The van der Waals surface area contributed by atoms with Crippen LogP contribution >= 0.6 is 23.2 Å². The number of anilines is 1. The van der Waals surface area contributed by atoms with Gasteiger partial charge in [0.1, 0.15) is 12.1 Å². The fourth-order valence-corrected chi connectivity index (χ4v) is 2.35. The topological polar surface area (TPSA) is 78.5 Å². The number of imide groups is 1. The van der Waals surface area contributed by atoms with Crippen LogP contribution in [-0.2, 0) is 9.59 Å². The smallest absolute Gasteiger partial charge is 0.324 e. The molecule has 1 aromatic carbocycles. The summed E-state index contributed by atoms with van der Waals surface area (Å²) in [4.78, 5) is 36.9. The van der Waals surface area contributed by atoms with Crippen molar-refractivity contribution in [2.75, 3.05) is 11.9 Å². The highest BCUT2D eigenvalue weighted by molar-refractivity contribution is 6.42. The molecule has 1 atom stereocenters. The van der Waals surface area contributed by atoms with Crippen molar-refractivity contribution in [2.45, 2.75) is 25.8 Å². The lowest BCUT2D eigenvalue weighted by Gasteiger charge is -2.19. The number of rotatable bonds is 4. The van der Waals surface area contributed by atoms with Gasteiger partial charge < -0.3 is 10.6 Å². The Hall–Kier alpha value is -1.79. The Morgan fingerprint density at radius 1 is 1.32 bits per heavy atom. The molecule has 0 bridgehead atoms. The maximum Gasteiger partial charge on any atom is 0.325 e. The van der Waals surface area contributed by atoms with E-state index in [-0.39, 0.29) is 6.54 Å². The van der Waals surface area contributed by atoms with Crippen LogP contribution in [0, 0.1) is 0 Å². The van der Waals surface area contributed by atoms with Gasteiger partial charge in [0.15, 0.2) is 0 Å². The average Bonchev–Trinajstić information content (AvgIpc) is 2.67. The van der Waals surface area contributed by atoms with E-state index in [0.717, 1.165) is 4.90 Å². The van der Waals surface area contributed by atoms with Crippen molar-refractivity contribution in [3.63, 3.8) is 0 Å². The summed E-state index contributed by atoms with van der Waals surface area (Å²) in [6.45, 7) is 3.06. The zero-order valence-electron chi connectivity index (χ0n) is 12.1. The number of hydrogen-bond donors (Lipinski definition) is 2. The van der Waals surface area contributed by atoms with E-state index < -0.39 is 23.4 Å². The predicted octanol–water partition coefficient (Wildman–Crippen LogP) is 2.65. The molecule has 1 aromatic rings. The van der Waals surface area contributed by atoms with E-state index in [0.29, 0.717) is 22.2 Å². The number of nitrogens with one attached hydrogen (secondary N) is 2. The largest absolute Gasteiger partial charge is 0.325 e. The van der Waals surface area contributed by atoms with Crippen molar-refractivity contribution in [3.05, 3.63) is 28.2 Å². The number of benzene rings is 1. The van der Waals surface area contributed by atoms with E-state index in [4.69, 9.17) is 23.2 Å². The van der Waals surface area contributed by atoms with Gasteiger partial charge in [-0.3, -0.25) is 14.5 Å². The third-order valence-corrected chi connectivity index (χ3v) is 4.30. The van der Waals surface area contributed by atoms with Gasteiger partial charge >= 0.3 is 6.03 Å². The van der Waals surface area contributed by atoms with Crippen LogP contribution in [0.1, 0.15) is 20.3 Å². The first-order valence-corrected chi connectivity index (χ1v) is 7.41. The van der Waals surface area contributed by atoms with E-state index in [1.807, 2.05) is 0 Å². The quantitative estimate of drug-likeness (QED) is 0.825. The molecule has 4 amide bonds. The van der Waals surface area contributed by atoms with Gasteiger partial charge in [0, 0.05) is 5.69 Å². The Morgan fingerprint density at radius 2 is 2.00 bits per heavy atom. The normalized spacial score (nSPS) is 21.0. The highest BCUT2D eigenvalue weighted by Gasteiger charge is 2.46. The first-order valence-electron chi connectivity index (χ1n) is 6.66. The van der Waals surface area contributed by atoms with Crippen molar-refractivity contribution >= 4 is 46.7 Å². The van der Waals surface area contributed by atoms with Crippen LogP contribution in [0.4, 0.5) is 10.5 Å². The first kappa shape index (κ1) is 16.6. The van der Waals surface area contributed by atoms with E-state index in [1.54, 1.807) is 26.0 Å². The Bertz CT molecular complexity index is 650. The highest BCUT2D eigenvalue weighted by Crippen LogP contribution is 2.25. The maximum absolute atomic E-state index is 12.2. The van der Waals surface area contributed by atoms with Gasteiger partial charge in [-0.25, -0.2) is 4.79 Å². The van der Waals surface area contributed by atoms with E-state index in [1.165, 1.54) is 6.07 Å². The average molecular weight is 344 g/mol. The summed E-state index contributed by atoms with van der Waals surface area (Å²) in [5.41, 5.74) is -0.522. The second-order valence-electron chi connectivity index (χ2n) is 5.18. The molecule has 0 radical (unpaired) electrons. The van der Waals surface area contributed by atoms with Gasteiger partial charge in [0.05, 0.1) is 10.0 Å². The van der Waals surface area contributed by atoms with Crippen LogP contribution in [0.3, 0.4) is 0 Å². The van der Waals surface area contributed by atoms with Crippen molar-refractivity contribution in [3.8, 4) is 0 Å². The fraction of sp³-hybridized carbons (Fsp3) is 0.357. The molecule has 1 unspecified atom stereocenters. The van der Waals surface area contributed by atoms with Crippen LogP contribution in [0.15, 0.2) is 18.2 Å². The number of carbonyl (C=O) groups excluding carboxylic acids is 3. The summed E-state index contributed by atoms with van der Waals surface area (Å²) in [5, 5.41) is 5.82. The minimum absolute atomic E-state index is 0.299. The van der Waals surface area contributed by atoms with E-state index in [9.17, 15) is 14.4 Å². The summed E-state index contributed by atoms with van der Waals surface area (Å²) in [6, 6.07) is 4.04. The lowest BCUT2D eigenvalue weighted by molar-refractivity contribution is -0.133. The Balaban J connectivity index is 2.04. The highest BCUT2D eigenvalue weighted by atomic mass is 35.5. The van der Waals surface area contributed by atoms with Crippen molar-refractivity contribution < 1.29 is 14.4 Å². The number of nitrogens with zero attached hydrogens (tertiary/aromatic N) is 1. The Morgan fingerprint density at radius 3 is 2.55 bits per heavy atom. The minimum atomic E-state index is -0.957. The molecule has 0 spiro atoms. The molecule has 8 heteroatoms. The summed E-state index contributed by atoms with van der Waals surface area (Å²) >= 11 is 11.6. The summed E-state index contributed by atoms with van der Waals surface area (Å²) in [6.07, 6.45) is 0.447. The summed E-state index contributed by atoms with van der Waals surface area (Å²) in [7, 11) is 0. The summed E-state index contributed by atoms with van der Waals surface area (Å²) < 4.78 is 0. The minimum Gasteiger partial charge on any atom is -0.324 e. The first-order chi connectivity index (χ1) is 10.3. The molecular weight excluding hydrogens is 329 g/mol. The third kappa shape index (κ3) is 3.18. The molecule has 1 heterocycles. The predicted molar refractivity (Wildman–Crippen MR) is 84.0 cm³/mol. The number of halogens is 2. The second kappa shape index (κ2) is 6.14. The zero-order chi connectivity index (χ0) is 16.5. The van der Waals surface area contributed by atoms with Crippen molar-refractivity contribution in [1.29, 1.82) is 0 Å². The molecule has 118 valence electrons. The molecule has 0 aromatic heterocycles. The molecule has 22 heavy (non-hydrogen) atoms. The zero-order valence-corrected chi connectivity index (χ0v) is 13.6. The standard InChI is InChI=1S/C14H15Cl2N3O3/c1-3-14(2)12(21)19(13(22)18-14)7-11(20)17-8-4-5-9(15)10(16)6-8/h4-6H,3,7H2,1-2H3,(H,17,20)(H,18,22). The van der Waals surface area contributed by atoms with E-state index >= 15 is 0 Å². The van der Waals surface area contributed by atoms with Gasteiger partial charge in [-0.2, -0.15) is 0 Å². The molecule has 1 fully saturated rings. The molecule has 1 aliphatic rings. The molecule has 0 saturated carbocycles. The third-order valence-electron chi connectivity index (χ3n) is 3.56. The van der Waals surface area contributed by atoms with Crippen LogP contribution in [0.2, 0.25) is 10.0 Å². The van der Waals surface area contributed by atoms with Crippen LogP contribution < -0.4 is 10.6 Å². The maximum atomic E-state index is 12.2. The molecular formula is C14H15Cl2N3O3. The van der Waals surface area contributed by atoms with E-state index in [2.05, 4.69) is 10.6 Å². The number of amides is 4. The number of urea groups is 1. The molecule has 1 saturated heterocycles. The Labute approximate surface area is 137 Å². The molecule has 2 rings (SSSR count). The number of hydrogen-bond acceptors (Lipinski definition) is 3. The van der Waals surface area contributed by atoms with Crippen LogP contribution in [-0.4, -0.2) is 34.8 Å². The van der Waals surface area contributed by atoms with Crippen LogP contribution in [0.5, 0.6) is 0 Å². The van der Waals surface area contributed by atoms with Gasteiger partial charge in [0.2, 0.25) is 5.91 Å².